The molecule has 0 saturated carbocycles. The zero-order chi connectivity index (χ0) is 21.3. The van der Waals surface area contributed by atoms with Crippen molar-refractivity contribution in [2.24, 2.45) is 0 Å². The molecule has 152 valence electrons. The Morgan fingerprint density at radius 1 is 1.00 bits per heavy atom. The third-order valence-corrected chi connectivity index (χ3v) is 5.22. The van der Waals surface area contributed by atoms with E-state index < -0.39 is 0 Å². The van der Waals surface area contributed by atoms with Gasteiger partial charge in [-0.2, -0.15) is 0 Å². The van der Waals surface area contributed by atoms with Crippen LogP contribution in [0.4, 0.5) is 0 Å². The van der Waals surface area contributed by atoms with E-state index in [1.807, 2.05) is 62.4 Å². The lowest BCUT2D eigenvalue weighted by Gasteiger charge is -2.13. The summed E-state index contributed by atoms with van der Waals surface area (Å²) in [6, 6.07) is 15.0. The Labute approximate surface area is 173 Å². The van der Waals surface area contributed by atoms with Crippen LogP contribution in [0.5, 0.6) is 5.75 Å². The van der Waals surface area contributed by atoms with Crippen LogP contribution < -0.4 is 16.0 Å². The first-order valence-corrected chi connectivity index (χ1v) is 9.72. The van der Waals surface area contributed by atoms with Gasteiger partial charge >= 0.3 is 5.69 Å². The van der Waals surface area contributed by atoms with Crippen LogP contribution in [0.3, 0.4) is 0 Å². The number of aromatic nitrogens is 4. The first-order valence-electron chi connectivity index (χ1n) is 9.72. The summed E-state index contributed by atoms with van der Waals surface area (Å²) in [7, 11) is 1.60. The van der Waals surface area contributed by atoms with Gasteiger partial charge in [0.1, 0.15) is 11.1 Å². The Balaban J connectivity index is 1.88. The molecule has 0 bridgehead atoms. The van der Waals surface area contributed by atoms with Crippen molar-refractivity contribution in [2.75, 3.05) is 7.11 Å². The Kier molecular flexibility index (Phi) is 5.18. The van der Waals surface area contributed by atoms with Crippen LogP contribution in [0.25, 0.3) is 22.4 Å². The standard InChI is InChI=1S/C23H22N4O3/c1-4-26-21-19(13-24-20(25-21)16-9-11-18(30-3)12-10-16)22(28)27(23(26)29)14-17-8-6-5-7-15(17)2/h5-13H,4,14H2,1-3H3. The number of benzene rings is 2. The predicted octanol–water partition coefficient (Wildman–Crippen LogP) is 3.01. The number of fused-ring (bicyclic) bond motifs is 1. The van der Waals surface area contributed by atoms with Gasteiger partial charge in [0.15, 0.2) is 11.5 Å². The van der Waals surface area contributed by atoms with Gasteiger partial charge in [0.2, 0.25) is 0 Å². The molecule has 2 heterocycles. The van der Waals surface area contributed by atoms with Crippen molar-refractivity contribution in [2.45, 2.75) is 26.9 Å². The molecule has 0 radical (unpaired) electrons. The Morgan fingerprint density at radius 3 is 2.40 bits per heavy atom. The largest absolute Gasteiger partial charge is 0.497 e. The van der Waals surface area contributed by atoms with E-state index in [0.717, 1.165) is 22.4 Å². The molecule has 4 rings (SSSR count). The molecule has 0 aliphatic rings. The topological polar surface area (TPSA) is 79.0 Å². The molecule has 0 N–H and O–H groups in total. The molecule has 7 heteroatoms. The van der Waals surface area contributed by atoms with Crippen LogP contribution in [0.15, 0.2) is 64.3 Å². The lowest BCUT2D eigenvalue weighted by Crippen LogP contribution is -2.40. The van der Waals surface area contributed by atoms with E-state index >= 15 is 0 Å². The number of nitrogens with zero attached hydrogens (tertiary/aromatic N) is 4. The number of rotatable bonds is 5. The van der Waals surface area contributed by atoms with Crippen LogP contribution >= 0.6 is 0 Å². The average molecular weight is 402 g/mol. The van der Waals surface area contributed by atoms with Gasteiger partial charge in [0, 0.05) is 18.3 Å². The minimum absolute atomic E-state index is 0.209. The summed E-state index contributed by atoms with van der Waals surface area (Å²) >= 11 is 0. The molecule has 4 aromatic rings. The van der Waals surface area contributed by atoms with E-state index in [0.29, 0.717) is 23.4 Å². The molecule has 0 aliphatic carbocycles. The zero-order valence-electron chi connectivity index (χ0n) is 17.1. The third-order valence-electron chi connectivity index (χ3n) is 5.22. The highest BCUT2D eigenvalue weighted by molar-refractivity contribution is 5.75. The summed E-state index contributed by atoms with van der Waals surface area (Å²) in [5.74, 6) is 1.17. The van der Waals surface area contributed by atoms with Crippen LogP contribution in [0.1, 0.15) is 18.1 Å². The van der Waals surface area contributed by atoms with Crippen molar-refractivity contribution in [3.63, 3.8) is 0 Å². The van der Waals surface area contributed by atoms with Gasteiger partial charge in [-0.25, -0.2) is 14.8 Å². The first-order chi connectivity index (χ1) is 14.5. The van der Waals surface area contributed by atoms with Crippen molar-refractivity contribution >= 4 is 11.0 Å². The average Bonchev–Trinajstić information content (AvgIpc) is 2.78. The van der Waals surface area contributed by atoms with Crippen LogP contribution in [0, 0.1) is 6.92 Å². The summed E-state index contributed by atoms with van der Waals surface area (Å²) in [4.78, 5) is 35.2. The van der Waals surface area contributed by atoms with E-state index in [2.05, 4.69) is 9.97 Å². The van der Waals surface area contributed by atoms with Gasteiger partial charge in [-0.05, 0) is 49.2 Å². The Hall–Kier alpha value is -3.74. The van der Waals surface area contributed by atoms with Gasteiger partial charge in [-0.15, -0.1) is 0 Å². The minimum Gasteiger partial charge on any atom is -0.497 e. The van der Waals surface area contributed by atoms with E-state index in [1.54, 1.807) is 7.11 Å². The SMILES string of the molecule is CCn1c(=O)n(Cc2ccccc2C)c(=O)c2cnc(-c3ccc(OC)cc3)nc21. The fourth-order valence-electron chi connectivity index (χ4n) is 3.46. The molecule has 0 unspecified atom stereocenters. The minimum atomic E-state index is -0.385. The second-order valence-electron chi connectivity index (χ2n) is 7.00. The molecule has 0 fully saturated rings. The second kappa shape index (κ2) is 7.94. The molecular formula is C23H22N4O3. The van der Waals surface area contributed by atoms with Crippen LogP contribution in [-0.4, -0.2) is 26.2 Å². The van der Waals surface area contributed by atoms with Crippen molar-refractivity contribution < 1.29 is 4.74 Å². The van der Waals surface area contributed by atoms with E-state index in [1.165, 1.54) is 15.3 Å². The molecule has 7 nitrogen and oxygen atoms in total. The molecule has 2 aromatic heterocycles. The maximum atomic E-state index is 13.1. The highest BCUT2D eigenvalue weighted by Gasteiger charge is 2.16. The van der Waals surface area contributed by atoms with Gasteiger partial charge in [-0.1, -0.05) is 24.3 Å². The van der Waals surface area contributed by atoms with Crippen molar-refractivity contribution in [1.29, 1.82) is 0 Å². The Morgan fingerprint density at radius 2 is 1.73 bits per heavy atom. The number of aryl methyl sites for hydroxylation is 2. The molecule has 30 heavy (non-hydrogen) atoms. The van der Waals surface area contributed by atoms with E-state index in [-0.39, 0.29) is 17.8 Å². The monoisotopic (exact) mass is 402 g/mol. The summed E-state index contributed by atoms with van der Waals surface area (Å²) in [6.45, 7) is 4.42. The number of hydrogen-bond acceptors (Lipinski definition) is 5. The molecule has 0 aliphatic heterocycles. The normalized spacial score (nSPS) is 11.0. The van der Waals surface area contributed by atoms with E-state index in [4.69, 9.17) is 4.74 Å². The molecule has 0 saturated heterocycles. The molecule has 0 amide bonds. The maximum absolute atomic E-state index is 13.1. The predicted molar refractivity (Wildman–Crippen MR) is 116 cm³/mol. The van der Waals surface area contributed by atoms with E-state index in [9.17, 15) is 9.59 Å². The second-order valence-corrected chi connectivity index (χ2v) is 7.00. The zero-order valence-corrected chi connectivity index (χ0v) is 17.1. The van der Waals surface area contributed by atoms with Gasteiger partial charge < -0.3 is 4.74 Å². The third kappa shape index (κ3) is 3.39. The fraction of sp³-hybridized carbons (Fsp3) is 0.217. The fourth-order valence-corrected chi connectivity index (χ4v) is 3.46. The van der Waals surface area contributed by atoms with Crippen molar-refractivity contribution in [3.8, 4) is 17.1 Å². The lowest BCUT2D eigenvalue weighted by molar-refractivity contribution is 0.415. The van der Waals surface area contributed by atoms with Gasteiger partial charge in [0.05, 0.1) is 13.7 Å². The summed E-state index contributed by atoms with van der Waals surface area (Å²) in [6.07, 6.45) is 1.50. The van der Waals surface area contributed by atoms with Crippen molar-refractivity contribution in [3.05, 3.63) is 86.7 Å². The summed E-state index contributed by atoms with van der Waals surface area (Å²) < 4.78 is 7.96. The highest BCUT2D eigenvalue weighted by Crippen LogP contribution is 2.20. The molecule has 0 atom stereocenters. The number of methoxy groups -OCH3 is 1. The van der Waals surface area contributed by atoms with Crippen LogP contribution in [0.2, 0.25) is 0 Å². The summed E-state index contributed by atoms with van der Waals surface area (Å²) in [5, 5.41) is 0.322. The van der Waals surface area contributed by atoms with Gasteiger partial charge in [0.25, 0.3) is 5.56 Å². The first kappa shape index (κ1) is 19.6. The molecular weight excluding hydrogens is 380 g/mol. The van der Waals surface area contributed by atoms with Crippen LogP contribution in [-0.2, 0) is 13.1 Å². The number of hydrogen-bond donors (Lipinski definition) is 0. The smallest absolute Gasteiger partial charge is 0.332 e. The lowest BCUT2D eigenvalue weighted by atomic mass is 10.1. The molecule has 0 spiro atoms. The van der Waals surface area contributed by atoms with Gasteiger partial charge in [-0.3, -0.25) is 13.9 Å². The quantitative estimate of drug-likeness (QED) is 0.513. The maximum Gasteiger partial charge on any atom is 0.332 e. The summed E-state index contributed by atoms with van der Waals surface area (Å²) in [5.41, 5.74) is 2.31. The number of ether oxygens (including phenoxy) is 1. The molecule has 2 aromatic carbocycles. The Bertz CT molecular complexity index is 1340. The highest BCUT2D eigenvalue weighted by atomic mass is 16.5. The van der Waals surface area contributed by atoms with Crippen molar-refractivity contribution in [1.82, 2.24) is 19.1 Å².